The van der Waals surface area contributed by atoms with Crippen LogP contribution < -0.4 is 5.32 Å². The highest BCUT2D eigenvalue weighted by atomic mass is 79.9. The summed E-state index contributed by atoms with van der Waals surface area (Å²) >= 11 is 4.72. The fourth-order valence-electron chi connectivity index (χ4n) is 1.28. The predicted molar refractivity (Wildman–Crippen MR) is 74.7 cm³/mol. The number of carbonyl (C=O) groups is 2. The minimum atomic E-state index is -1.00. The number of hydrogen-bond acceptors (Lipinski definition) is 3. The minimum Gasteiger partial charge on any atom is -0.480 e. The van der Waals surface area contributed by atoms with Crippen molar-refractivity contribution in [3.8, 4) is 0 Å². The maximum absolute atomic E-state index is 11.6. The normalized spacial score (nSPS) is 11.9. The van der Waals surface area contributed by atoms with Gasteiger partial charge in [0.1, 0.15) is 6.04 Å². The lowest BCUT2D eigenvalue weighted by atomic mass is 10.2. The van der Waals surface area contributed by atoms with Gasteiger partial charge in [0.25, 0.3) is 0 Å². The largest absolute Gasteiger partial charge is 0.480 e. The van der Waals surface area contributed by atoms with Gasteiger partial charge in [0, 0.05) is 9.37 Å². The maximum Gasteiger partial charge on any atom is 0.326 e. The Bertz CT molecular complexity index is 439. The lowest BCUT2D eigenvalue weighted by molar-refractivity contribution is -0.141. The van der Waals surface area contributed by atoms with Crippen LogP contribution in [0.15, 0.2) is 33.6 Å². The molecule has 0 spiro atoms. The summed E-state index contributed by atoms with van der Waals surface area (Å²) in [6.07, 6.45) is 0.378. The van der Waals surface area contributed by atoms with Crippen LogP contribution in [-0.4, -0.2) is 28.8 Å². The van der Waals surface area contributed by atoms with Crippen molar-refractivity contribution >= 4 is 39.6 Å². The molecule has 0 heterocycles. The van der Waals surface area contributed by atoms with Crippen molar-refractivity contribution in [2.24, 2.45) is 0 Å². The van der Waals surface area contributed by atoms with Crippen molar-refractivity contribution in [2.75, 3.05) is 5.75 Å². The van der Waals surface area contributed by atoms with E-state index in [0.29, 0.717) is 6.42 Å². The fourth-order valence-corrected chi connectivity index (χ4v) is 2.60. The molecular weight excluding hydrogens is 318 g/mol. The van der Waals surface area contributed by atoms with Gasteiger partial charge >= 0.3 is 5.97 Å². The van der Waals surface area contributed by atoms with E-state index in [1.807, 2.05) is 24.3 Å². The Balaban J connectivity index is 2.44. The van der Waals surface area contributed by atoms with Gasteiger partial charge in [0.05, 0.1) is 5.75 Å². The van der Waals surface area contributed by atoms with Crippen LogP contribution in [0.4, 0.5) is 0 Å². The molecule has 18 heavy (non-hydrogen) atoms. The second-order valence-corrected chi connectivity index (χ2v) is 5.58. The van der Waals surface area contributed by atoms with E-state index in [2.05, 4.69) is 21.2 Å². The lowest BCUT2D eigenvalue weighted by Gasteiger charge is -2.11. The van der Waals surface area contributed by atoms with Crippen molar-refractivity contribution in [1.29, 1.82) is 0 Å². The first kappa shape index (κ1) is 15.0. The van der Waals surface area contributed by atoms with Gasteiger partial charge in [0.15, 0.2) is 0 Å². The highest BCUT2D eigenvalue weighted by molar-refractivity contribution is 9.10. The molecule has 0 aliphatic heterocycles. The Hall–Kier alpha value is -1.01. The molecule has 4 nitrogen and oxygen atoms in total. The number of thioether (sulfide) groups is 1. The van der Waals surface area contributed by atoms with E-state index in [9.17, 15) is 9.59 Å². The van der Waals surface area contributed by atoms with E-state index in [0.717, 1.165) is 9.37 Å². The first-order valence-electron chi connectivity index (χ1n) is 5.43. The molecule has 1 aromatic carbocycles. The Morgan fingerprint density at radius 2 is 2.22 bits per heavy atom. The lowest BCUT2D eigenvalue weighted by Crippen LogP contribution is -2.41. The second-order valence-electron chi connectivity index (χ2n) is 3.61. The number of amides is 1. The number of nitrogens with one attached hydrogen (secondary N) is 1. The molecule has 98 valence electrons. The summed E-state index contributed by atoms with van der Waals surface area (Å²) in [6.45, 7) is 1.72. The van der Waals surface area contributed by atoms with Crippen LogP contribution >= 0.6 is 27.7 Å². The molecule has 0 aliphatic carbocycles. The highest BCUT2D eigenvalue weighted by Crippen LogP contribution is 2.21. The summed E-state index contributed by atoms with van der Waals surface area (Å²) in [5.41, 5.74) is 0. The standard InChI is InChI=1S/C12H14BrNO3S/c1-2-10(12(16)17)14-11(15)7-18-9-5-3-4-8(13)6-9/h3-6,10H,2,7H2,1H3,(H,14,15)(H,16,17). The molecular formula is C12H14BrNO3S. The van der Waals surface area contributed by atoms with Crippen LogP contribution in [-0.2, 0) is 9.59 Å². The molecule has 1 rings (SSSR count). The molecule has 1 atom stereocenters. The first-order chi connectivity index (χ1) is 8.52. The Labute approximate surface area is 118 Å². The van der Waals surface area contributed by atoms with E-state index in [1.165, 1.54) is 11.8 Å². The highest BCUT2D eigenvalue weighted by Gasteiger charge is 2.17. The van der Waals surface area contributed by atoms with Gasteiger partial charge in [-0.25, -0.2) is 4.79 Å². The Morgan fingerprint density at radius 1 is 1.50 bits per heavy atom. The molecule has 0 aromatic heterocycles. The van der Waals surface area contributed by atoms with Gasteiger partial charge in [-0.15, -0.1) is 11.8 Å². The second kappa shape index (κ2) is 7.43. The average Bonchev–Trinajstić information content (AvgIpc) is 2.33. The molecule has 1 unspecified atom stereocenters. The smallest absolute Gasteiger partial charge is 0.326 e. The average molecular weight is 332 g/mol. The Morgan fingerprint density at radius 3 is 2.78 bits per heavy atom. The number of carboxylic acids is 1. The molecule has 2 N–H and O–H groups in total. The number of benzene rings is 1. The van der Waals surface area contributed by atoms with E-state index < -0.39 is 12.0 Å². The fraction of sp³-hybridized carbons (Fsp3) is 0.333. The van der Waals surface area contributed by atoms with E-state index >= 15 is 0 Å². The van der Waals surface area contributed by atoms with Crippen molar-refractivity contribution in [2.45, 2.75) is 24.3 Å². The third-order valence-electron chi connectivity index (χ3n) is 2.21. The minimum absolute atomic E-state index is 0.209. The molecule has 1 amide bonds. The van der Waals surface area contributed by atoms with Gasteiger partial charge in [0.2, 0.25) is 5.91 Å². The van der Waals surface area contributed by atoms with Gasteiger partial charge in [-0.1, -0.05) is 28.9 Å². The van der Waals surface area contributed by atoms with Crippen LogP contribution in [0.25, 0.3) is 0 Å². The molecule has 6 heteroatoms. The summed E-state index contributed by atoms with van der Waals surface area (Å²) < 4.78 is 0.949. The molecule has 0 aliphatic rings. The number of aliphatic carboxylic acids is 1. The maximum atomic E-state index is 11.6. The van der Waals surface area contributed by atoms with Crippen LogP contribution in [0.3, 0.4) is 0 Å². The SMILES string of the molecule is CCC(NC(=O)CSc1cccc(Br)c1)C(=O)O. The van der Waals surface area contributed by atoms with Gasteiger partial charge < -0.3 is 10.4 Å². The van der Waals surface area contributed by atoms with E-state index in [-0.39, 0.29) is 11.7 Å². The quantitative estimate of drug-likeness (QED) is 0.786. The van der Waals surface area contributed by atoms with E-state index in [1.54, 1.807) is 6.92 Å². The molecule has 0 bridgehead atoms. The summed E-state index contributed by atoms with van der Waals surface area (Å²) in [7, 11) is 0. The molecule has 1 aromatic rings. The number of carboxylic acid groups (broad SMARTS) is 1. The van der Waals surface area contributed by atoms with Gasteiger partial charge in [-0.05, 0) is 24.6 Å². The molecule has 0 saturated heterocycles. The first-order valence-corrected chi connectivity index (χ1v) is 7.21. The van der Waals surface area contributed by atoms with Crippen molar-refractivity contribution in [1.82, 2.24) is 5.32 Å². The van der Waals surface area contributed by atoms with Crippen LogP contribution in [0, 0.1) is 0 Å². The number of rotatable bonds is 6. The van der Waals surface area contributed by atoms with E-state index in [4.69, 9.17) is 5.11 Å². The van der Waals surface area contributed by atoms with Crippen molar-refractivity contribution < 1.29 is 14.7 Å². The summed E-state index contributed by atoms with van der Waals surface area (Å²) in [5.74, 6) is -1.06. The zero-order valence-electron chi connectivity index (χ0n) is 9.85. The summed E-state index contributed by atoms with van der Waals surface area (Å²) in [4.78, 5) is 23.3. The summed E-state index contributed by atoms with van der Waals surface area (Å²) in [6, 6.07) is 6.79. The topological polar surface area (TPSA) is 66.4 Å². The molecule has 0 fully saturated rings. The third-order valence-corrected chi connectivity index (χ3v) is 3.69. The predicted octanol–water partition coefficient (Wildman–Crippen LogP) is 2.52. The molecule has 0 saturated carbocycles. The molecule has 0 radical (unpaired) electrons. The zero-order chi connectivity index (χ0) is 13.5. The zero-order valence-corrected chi connectivity index (χ0v) is 12.3. The third kappa shape index (κ3) is 5.10. The van der Waals surface area contributed by atoms with Gasteiger partial charge in [-0.3, -0.25) is 4.79 Å². The monoisotopic (exact) mass is 331 g/mol. The number of halogens is 1. The number of carbonyl (C=O) groups excluding carboxylic acids is 1. The van der Waals surface area contributed by atoms with Crippen LogP contribution in [0.2, 0.25) is 0 Å². The van der Waals surface area contributed by atoms with Crippen LogP contribution in [0.5, 0.6) is 0 Å². The van der Waals surface area contributed by atoms with Crippen molar-refractivity contribution in [3.05, 3.63) is 28.7 Å². The Kier molecular flexibility index (Phi) is 6.21. The summed E-state index contributed by atoms with van der Waals surface area (Å²) in [5, 5.41) is 11.3. The van der Waals surface area contributed by atoms with Crippen LogP contribution in [0.1, 0.15) is 13.3 Å². The van der Waals surface area contributed by atoms with Crippen molar-refractivity contribution in [3.63, 3.8) is 0 Å². The number of hydrogen-bond donors (Lipinski definition) is 2. The van der Waals surface area contributed by atoms with Gasteiger partial charge in [-0.2, -0.15) is 0 Å².